The number of carboxylic acids is 1. The summed E-state index contributed by atoms with van der Waals surface area (Å²) in [5.41, 5.74) is 2.09. The van der Waals surface area contributed by atoms with Gasteiger partial charge in [-0.1, -0.05) is 23.7 Å². The highest BCUT2D eigenvalue weighted by Gasteiger charge is 2.14. The van der Waals surface area contributed by atoms with Crippen LogP contribution < -0.4 is 0 Å². The number of carboxylic acid groups (broad SMARTS) is 1. The fourth-order valence-corrected chi connectivity index (χ4v) is 2.10. The Hall–Kier alpha value is -1.33. The number of nitrogens with zero attached hydrogens (tertiary/aromatic N) is 1. The van der Waals surface area contributed by atoms with Gasteiger partial charge in [-0.25, -0.2) is 0 Å². The Morgan fingerprint density at radius 3 is 2.65 bits per heavy atom. The third-order valence-corrected chi connectivity index (χ3v) is 3.33. The maximum atomic E-state index is 10.6. The fraction of sp³-hybridized carbons (Fsp3) is 0.0909. The van der Waals surface area contributed by atoms with Crippen molar-refractivity contribution in [3.8, 4) is 11.3 Å². The number of hydrogen-bond acceptors (Lipinski definition) is 2. The van der Waals surface area contributed by atoms with Crippen molar-refractivity contribution in [1.82, 2.24) is 10.2 Å². The first-order valence-electron chi connectivity index (χ1n) is 4.78. The van der Waals surface area contributed by atoms with E-state index in [0.717, 1.165) is 5.56 Å². The summed E-state index contributed by atoms with van der Waals surface area (Å²) in [5.74, 6) is -0.906. The molecule has 0 atom stereocenters. The maximum Gasteiger partial charge on any atom is 0.309 e. The highest BCUT2D eigenvalue weighted by molar-refractivity contribution is 9.10. The molecular weight excluding hydrogens is 307 g/mol. The van der Waals surface area contributed by atoms with Crippen LogP contribution in [-0.4, -0.2) is 21.3 Å². The number of aromatic nitrogens is 2. The van der Waals surface area contributed by atoms with Gasteiger partial charge in [0.25, 0.3) is 0 Å². The van der Waals surface area contributed by atoms with Crippen LogP contribution in [0.4, 0.5) is 0 Å². The molecule has 2 aromatic rings. The van der Waals surface area contributed by atoms with Gasteiger partial charge >= 0.3 is 5.97 Å². The average Bonchev–Trinajstić information content (AvgIpc) is 2.61. The van der Waals surface area contributed by atoms with E-state index >= 15 is 0 Å². The summed E-state index contributed by atoms with van der Waals surface area (Å²) < 4.78 is 0.669. The molecule has 1 aromatic heterocycles. The lowest BCUT2D eigenvalue weighted by Gasteiger charge is -1.98. The summed E-state index contributed by atoms with van der Waals surface area (Å²) in [6.45, 7) is 0. The zero-order valence-electron chi connectivity index (χ0n) is 8.58. The van der Waals surface area contributed by atoms with Gasteiger partial charge < -0.3 is 5.11 Å². The minimum Gasteiger partial charge on any atom is -0.481 e. The molecule has 0 aliphatic heterocycles. The Labute approximate surface area is 111 Å². The van der Waals surface area contributed by atoms with Gasteiger partial charge in [0.05, 0.1) is 16.6 Å². The van der Waals surface area contributed by atoms with E-state index < -0.39 is 5.97 Å². The van der Waals surface area contributed by atoms with Crippen LogP contribution in [0.25, 0.3) is 11.3 Å². The van der Waals surface area contributed by atoms with Crippen LogP contribution in [-0.2, 0) is 11.2 Å². The topological polar surface area (TPSA) is 66.0 Å². The maximum absolute atomic E-state index is 10.6. The molecule has 6 heteroatoms. The van der Waals surface area contributed by atoms with Crippen LogP contribution in [0.15, 0.2) is 28.7 Å². The second-order valence-electron chi connectivity index (χ2n) is 3.44. The molecular formula is C11H8BrClN2O2. The zero-order chi connectivity index (χ0) is 12.4. The standard InChI is InChI=1S/C11H8BrClN2O2/c12-10-8(5-9(16)17)14-15-11(10)6-1-3-7(13)4-2-6/h1-4H,5H2,(H,14,15)(H,16,17). The van der Waals surface area contributed by atoms with Crippen LogP contribution in [0, 0.1) is 0 Å². The third kappa shape index (κ3) is 2.68. The molecule has 1 aromatic carbocycles. The summed E-state index contributed by atoms with van der Waals surface area (Å²) in [6.07, 6.45) is -0.0961. The predicted octanol–water partition coefficient (Wildman–Crippen LogP) is 3.12. The fourth-order valence-electron chi connectivity index (χ4n) is 1.43. The normalized spacial score (nSPS) is 10.5. The van der Waals surface area contributed by atoms with Gasteiger partial charge in [-0.15, -0.1) is 0 Å². The summed E-state index contributed by atoms with van der Waals surface area (Å²) in [4.78, 5) is 10.6. The Kier molecular flexibility index (Phi) is 3.49. The van der Waals surface area contributed by atoms with E-state index in [2.05, 4.69) is 26.1 Å². The first-order chi connectivity index (χ1) is 8.08. The van der Waals surface area contributed by atoms with Gasteiger partial charge in [0, 0.05) is 10.6 Å². The Bertz CT molecular complexity index is 551. The molecule has 0 aliphatic carbocycles. The van der Waals surface area contributed by atoms with Crippen molar-refractivity contribution >= 4 is 33.5 Å². The average molecular weight is 316 g/mol. The van der Waals surface area contributed by atoms with E-state index in [-0.39, 0.29) is 6.42 Å². The quantitative estimate of drug-likeness (QED) is 0.914. The molecule has 2 rings (SSSR count). The summed E-state index contributed by atoms with van der Waals surface area (Å²) in [6, 6.07) is 7.17. The van der Waals surface area contributed by atoms with E-state index in [4.69, 9.17) is 16.7 Å². The van der Waals surface area contributed by atoms with Crippen molar-refractivity contribution in [2.75, 3.05) is 0 Å². The molecule has 2 N–H and O–H groups in total. The van der Waals surface area contributed by atoms with Gasteiger partial charge in [0.15, 0.2) is 0 Å². The molecule has 0 bridgehead atoms. The number of aromatic amines is 1. The minimum atomic E-state index is -0.906. The molecule has 0 saturated carbocycles. The number of rotatable bonds is 3. The van der Waals surface area contributed by atoms with Crippen LogP contribution in [0.2, 0.25) is 5.02 Å². The highest BCUT2D eigenvalue weighted by Crippen LogP contribution is 2.29. The lowest BCUT2D eigenvalue weighted by atomic mass is 10.1. The minimum absolute atomic E-state index is 0.0961. The van der Waals surface area contributed by atoms with Crippen molar-refractivity contribution in [3.05, 3.63) is 39.5 Å². The zero-order valence-corrected chi connectivity index (χ0v) is 10.9. The first kappa shape index (κ1) is 12.1. The Morgan fingerprint density at radius 1 is 1.41 bits per heavy atom. The van der Waals surface area contributed by atoms with Gasteiger partial charge in [-0.3, -0.25) is 9.89 Å². The van der Waals surface area contributed by atoms with Gasteiger partial charge in [-0.2, -0.15) is 5.10 Å². The van der Waals surface area contributed by atoms with E-state index in [1.807, 2.05) is 12.1 Å². The number of hydrogen-bond donors (Lipinski definition) is 2. The molecule has 88 valence electrons. The molecule has 0 amide bonds. The third-order valence-electron chi connectivity index (χ3n) is 2.22. The lowest BCUT2D eigenvalue weighted by Crippen LogP contribution is -2.00. The number of halogens is 2. The summed E-state index contributed by atoms with van der Waals surface area (Å²) in [5, 5.41) is 16.2. The summed E-state index contributed by atoms with van der Waals surface area (Å²) in [7, 11) is 0. The molecule has 0 unspecified atom stereocenters. The van der Waals surface area contributed by atoms with E-state index in [1.165, 1.54) is 0 Å². The van der Waals surface area contributed by atoms with Gasteiger partial charge in [0.1, 0.15) is 5.69 Å². The van der Waals surface area contributed by atoms with Crippen LogP contribution in [0.5, 0.6) is 0 Å². The smallest absolute Gasteiger partial charge is 0.309 e. The Balaban J connectivity index is 2.37. The van der Waals surface area contributed by atoms with E-state index in [0.29, 0.717) is 20.9 Å². The number of H-pyrrole nitrogens is 1. The number of nitrogens with one attached hydrogen (secondary N) is 1. The van der Waals surface area contributed by atoms with Crippen molar-refractivity contribution in [2.24, 2.45) is 0 Å². The largest absolute Gasteiger partial charge is 0.481 e. The Morgan fingerprint density at radius 2 is 2.06 bits per heavy atom. The van der Waals surface area contributed by atoms with Crippen molar-refractivity contribution in [1.29, 1.82) is 0 Å². The van der Waals surface area contributed by atoms with E-state index in [1.54, 1.807) is 12.1 Å². The predicted molar refractivity (Wildman–Crippen MR) is 68.1 cm³/mol. The number of benzene rings is 1. The molecule has 0 radical (unpaired) electrons. The molecule has 4 nitrogen and oxygen atoms in total. The van der Waals surface area contributed by atoms with E-state index in [9.17, 15) is 4.79 Å². The highest BCUT2D eigenvalue weighted by atomic mass is 79.9. The molecule has 1 heterocycles. The van der Waals surface area contributed by atoms with Crippen LogP contribution in [0.3, 0.4) is 0 Å². The van der Waals surface area contributed by atoms with Crippen molar-refractivity contribution < 1.29 is 9.90 Å². The molecule has 0 aliphatic rings. The van der Waals surface area contributed by atoms with Crippen LogP contribution in [0.1, 0.15) is 5.69 Å². The second kappa shape index (κ2) is 4.89. The number of carbonyl (C=O) groups is 1. The molecule has 0 spiro atoms. The van der Waals surface area contributed by atoms with Crippen molar-refractivity contribution in [2.45, 2.75) is 6.42 Å². The summed E-state index contributed by atoms with van der Waals surface area (Å²) >= 11 is 9.14. The molecule has 0 fully saturated rings. The monoisotopic (exact) mass is 314 g/mol. The molecule has 0 saturated heterocycles. The second-order valence-corrected chi connectivity index (χ2v) is 4.67. The van der Waals surface area contributed by atoms with Gasteiger partial charge in [0.2, 0.25) is 0 Å². The SMILES string of the molecule is O=C(O)Cc1[nH]nc(-c2ccc(Cl)cc2)c1Br. The first-order valence-corrected chi connectivity index (χ1v) is 5.95. The lowest BCUT2D eigenvalue weighted by molar-refractivity contribution is -0.136. The molecule has 17 heavy (non-hydrogen) atoms. The van der Waals surface area contributed by atoms with Crippen molar-refractivity contribution in [3.63, 3.8) is 0 Å². The van der Waals surface area contributed by atoms with Crippen LogP contribution >= 0.6 is 27.5 Å². The number of aliphatic carboxylic acids is 1. The van der Waals surface area contributed by atoms with Gasteiger partial charge in [-0.05, 0) is 28.1 Å².